The van der Waals surface area contributed by atoms with Crippen molar-refractivity contribution in [1.82, 2.24) is 0 Å². The summed E-state index contributed by atoms with van der Waals surface area (Å²) < 4.78 is 12.8. The van der Waals surface area contributed by atoms with Crippen molar-refractivity contribution in [3.05, 3.63) is 46.4 Å². The van der Waals surface area contributed by atoms with Gasteiger partial charge in [0.15, 0.2) is 0 Å². The van der Waals surface area contributed by atoms with E-state index in [1.54, 1.807) is 12.1 Å². The molecule has 2 rings (SSSR count). The van der Waals surface area contributed by atoms with E-state index >= 15 is 0 Å². The Labute approximate surface area is 95.7 Å². The highest BCUT2D eigenvalue weighted by Gasteiger charge is 2.08. The minimum atomic E-state index is -0.424. The number of nitrogens with one attached hydrogen (secondary N) is 1. The van der Waals surface area contributed by atoms with Gasteiger partial charge >= 0.3 is 0 Å². The van der Waals surface area contributed by atoms with Crippen molar-refractivity contribution >= 4 is 28.6 Å². The molecule has 1 aromatic carbocycles. The van der Waals surface area contributed by atoms with Crippen LogP contribution in [0.2, 0.25) is 0 Å². The van der Waals surface area contributed by atoms with Crippen LogP contribution in [0.25, 0.3) is 0 Å². The van der Waals surface area contributed by atoms with E-state index in [-0.39, 0.29) is 11.6 Å². The molecule has 0 aliphatic rings. The maximum atomic E-state index is 12.8. The fourth-order valence-corrected chi connectivity index (χ4v) is 1.86. The van der Waals surface area contributed by atoms with Crippen molar-refractivity contribution in [1.29, 1.82) is 0 Å². The minimum Gasteiger partial charge on any atom is -0.397 e. The number of hydrogen-bond donors (Lipinski definition) is 2. The molecule has 1 aromatic heterocycles. The molecule has 0 aliphatic heterocycles. The Kier molecular flexibility index (Phi) is 2.87. The largest absolute Gasteiger partial charge is 0.397 e. The molecule has 3 N–H and O–H groups in total. The number of hydrogen-bond acceptors (Lipinski definition) is 3. The molecule has 1 heterocycles. The van der Waals surface area contributed by atoms with Crippen molar-refractivity contribution < 1.29 is 9.18 Å². The zero-order valence-electron chi connectivity index (χ0n) is 8.24. The third-order valence-electron chi connectivity index (χ3n) is 2.01. The summed E-state index contributed by atoms with van der Waals surface area (Å²) >= 11 is 1.33. The molecule has 82 valence electrons. The average Bonchev–Trinajstić information content (AvgIpc) is 2.75. The van der Waals surface area contributed by atoms with Crippen LogP contribution in [-0.2, 0) is 0 Å². The molecule has 1 amide bonds. The van der Waals surface area contributed by atoms with E-state index in [4.69, 9.17) is 5.73 Å². The molecule has 3 nitrogen and oxygen atoms in total. The third kappa shape index (κ3) is 2.20. The molecule has 0 spiro atoms. The highest BCUT2D eigenvalue weighted by atomic mass is 32.1. The smallest absolute Gasteiger partial charge is 0.265 e. The van der Waals surface area contributed by atoms with Crippen molar-refractivity contribution in [2.75, 3.05) is 11.1 Å². The van der Waals surface area contributed by atoms with E-state index in [1.165, 1.54) is 29.5 Å². The Morgan fingerprint density at radius 2 is 2.19 bits per heavy atom. The van der Waals surface area contributed by atoms with Gasteiger partial charge in [0, 0.05) is 0 Å². The Morgan fingerprint density at radius 3 is 2.81 bits per heavy atom. The topological polar surface area (TPSA) is 55.1 Å². The fourth-order valence-electron chi connectivity index (χ4n) is 1.24. The van der Waals surface area contributed by atoms with Gasteiger partial charge < -0.3 is 11.1 Å². The van der Waals surface area contributed by atoms with E-state index in [0.29, 0.717) is 10.6 Å². The molecule has 0 fully saturated rings. The lowest BCUT2D eigenvalue weighted by Gasteiger charge is -2.06. The number of thiophene rings is 1. The second-order valence-electron chi connectivity index (χ2n) is 3.16. The van der Waals surface area contributed by atoms with Crippen molar-refractivity contribution in [2.45, 2.75) is 0 Å². The maximum absolute atomic E-state index is 12.8. The van der Waals surface area contributed by atoms with E-state index in [9.17, 15) is 9.18 Å². The van der Waals surface area contributed by atoms with Crippen LogP contribution in [0.1, 0.15) is 9.67 Å². The van der Waals surface area contributed by atoms with Crippen LogP contribution in [-0.4, -0.2) is 5.91 Å². The fraction of sp³-hybridized carbons (Fsp3) is 0. The Morgan fingerprint density at radius 1 is 1.38 bits per heavy atom. The summed E-state index contributed by atoms with van der Waals surface area (Å²) in [5, 5.41) is 4.43. The lowest BCUT2D eigenvalue weighted by Crippen LogP contribution is -2.11. The maximum Gasteiger partial charge on any atom is 0.265 e. The number of halogens is 1. The van der Waals surface area contributed by atoms with Crippen LogP contribution in [0.4, 0.5) is 15.8 Å². The SMILES string of the molecule is Nc1cc(F)ccc1NC(=O)c1cccs1. The molecule has 0 saturated carbocycles. The summed E-state index contributed by atoms with van der Waals surface area (Å²) in [7, 11) is 0. The number of benzene rings is 1. The highest BCUT2D eigenvalue weighted by molar-refractivity contribution is 7.12. The first kappa shape index (κ1) is 10.6. The lowest BCUT2D eigenvalue weighted by atomic mass is 10.2. The Bertz CT molecular complexity index is 511. The van der Waals surface area contributed by atoms with Crippen molar-refractivity contribution in [3.63, 3.8) is 0 Å². The first-order valence-electron chi connectivity index (χ1n) is 4.56. The number of nitrogen functional groups attached to an aromatic ring is 1. The van der Waals surface area contributed by atoms with Gasteiger partial charge in [-0.1, -0.05) is 6.07 Å². The van der Waals surface area contributed by atoms with Gasteiger partial charge in [-0.05, 0) is 29.6 Å². The summed E-state index contributed by atoms with van der Waals surface area (Å²) in [5.41, 5.74) is 6.20. The molecule has 2 aromatic rings. The van der Waals surface area contributed by atoms with Gasteiger partial charge in [0.05, 0.1) is 16.3 Å². The second kappa shape index (κ2) is 4.32. The number of nitrogens with two attached hydrogens (primary N) is 1. The third-order valence-corrected chi connectivity index (χ3v) is 2.88. The first-order valence-corrected chi connectivity index (χ1v) is 5.44. The summed E-state index contributed by atoms with van der Waals surface area (Å²) in [4.78, 5) is 12.2. The van der Waals surface area contributed by atoms with E-state index in [0.717, 1.165) is 0 Å². The Hall–Kier alpha value is -1.88. The molecule has 16 heavy (non-hydrogen) atoms. The highest BCUT2D eigenvalue weighted by Crippen LogP contribution is 2.20. The van der Waals surface area contributed by atoms with Crippen LogP contribution in [0, 0.1) is 5.82 Å². The van der Waals surface area contributed by atoms with Gasteiger partial charge in [-0.2, -0.15) is 0 Å². The molecule has 0 atom stereocenters. The van der Waals surface area contributed by atoms with E-state index in [1.807, 2.05) is 5.38 Å². The van der Waals surface area contributed by atoms with Gasteiger partial charge in [-0.15, -0.1) is 11.3 Å². The predicted octanol–water partition coefficient (Wildman–Crippen LogP) is 2.72. The molecule has 0 bridgehead atoms. The summed E-state index contributed by atoms with van der Waals surface area (Å²) in [5.74, 6) is -0.667. The standard InChI is InChI=1S/C11H9FN2OS/c12-7-3-4-9(8(13)6-7)14-11(15)10-2-1-5-16-10/h1-6H,13H2,(H,14,15). The summed E-state index contributed by atoms with van der Waals surface area (Å²) in [6.07, 6.45) is 0. The molecule has 0 unspecified atom stereocenters. The van der Waals surface area contributed by atoms with Crippen LogP contribution >= 0.6 is 11.3 Å². The van der Waals surface area contributed by atoms with Crippen LogP contribution in [0.5, 0.6) is 0 Å². The zero-order chi connectivity index (χ0) is 11.5. The summed E-state index contributed by atoms with van der Waals surface area (Å²) in [6.45, 7) is 0. The van der Waals surface area contributed by atoms with E-state index in [2.05, 4.69) is 5.32 Å². The Balaban J connectivity index is 2.18. The van der Waals surface area contributed by atoms with Gasteiger partial charge in [-0.25, -0.2) is 4.39 Å². The minimum absolute atomic E-state index is 0.213. The van der Waals surface area contributed by atoms with E-state index < -0.39 is 5.82 Å². The first-order chi connectivity index (χ1) is 7.66. The van der Waals surface area contributed by atoms with Crippen molar-refractivity contribution in [2.24, 2.45) is 0 Å². The van der Waals surface area contributed by atoms with Gasteiger partial charge in [-0.3, -0.25) is 4.79 Å². The average molecular weight is 236 g/mol. The molecule has 0 radical (unpaired) electrons. The number of anilines is 2. The number of carbonyl (C=O) groups is 1. The number of rotatable bonds is 2. The monoisotopic (exact) mass is 236 g/mol. The van der Waals surface area contributed by atoms with Gasteiger partial charge in [0.25, 0.3) is 5.91 Å². The quantitative estimate of drug-likeness (QED) is 0.788. The summed E-state index contributed by atoms with van der Waals surface area (Å²) in [6, 6.07) is 7.36. The van der Waals surface area contributed by atoms with Crippen LogP contribution < -0.4 is 11.1 Å². The zero-order valence-corrected chi connectivity index (χ0v) is 9.05. The van der Waals surface area contributed by atoms with Gasteiger partial charge in [0.2, 0.25) is 0 Å². The molecule has 5 heteroatoms. The van der Waals surface area contributed by atoms with Crippen LogP contribution in [0.15, 0.2) is 35.7 Å². The molecule has 0 aliphatic carbocycles. The van der Waals surface area contributed by atoms with Crippen molar-refractivity contribution in [3.8, 4) is 0 Å². The normalized spacial score (nSPS) is 10.1. The van der Waals surface area contributed by atoms with Gasteiger partial charge in [0.1, 0.15) is 5.82 Å². The molecular weight excluding hydrogens is 227 g/mol. The number of amides is 1. The molecule has 0 saturated heterocycles. The van der Waals surface area contributed by atoms with Crippen LogP contribution in [0.3, 0.4) is 0 Å². The second-order valence-corrected chi connectivity index (χ2v) is 4.11. The number of carbonyl (C=O) groups excluding carboxylic acids is 1. The molecular formula is C11H9FN2OS. The predicted molar refractivity (Wildman–Crippen MR) is 63.1 cm³/mol. The lowest BCUT2D eigenvalue weighted by molar-refractivity contribution is 0.103.